The summed E-state index contributed by atoms with van der Waals surface area (Å²) in [5, 5.41) is 6.34. The number of piperazine rings is 1. The zero-order valence-corrected chi connectivity index (χ0v) is 20.1. The normalized spacial score (nSPS) is 14.4. The Labute approximate surface area is 205 Å². The van der Waals surface area contributed by atoms with E-state index in [0.717, 1.165) is 31.9 Å². The maximum Gasteiger partial charge on any atom is 0.491 e. The summed E-state index contributed by atoms with van der Waals surface area (Å²) in [5.74, 6) is -3.07. The van der Waals surface area contributed by atoms with Crippen LogP contribution in [0, 0.1) is 0 Å². The minimum absolute atomic E-state index is 0.0780. The van der Waals surface area contributed by atoms with Crippen molar-refractivity contribution >= 4 is 34.3 Å². The number of nitrogens with one attached hydrogen (secondary N) is 2. The number of fused-ring (bicyclic) bond motifs is 1. The monoisotopic (exact) mass is 504 g/mol. The number of aryl methyl sites for hydroxylation is 1. The molecule has 3 aromatic rings. The SMILES string of the molecule is CCc1cc(=O)n(C(C)C)c2nc(Nc3ccc(N4CCNCC4)cc3)nc(OC(=O)C(F)(F)F)c12. The van der Waals surface area contributed by atoms with E-state index in [1.165, 1.54) is 10.6 Å². The average Bonchev–Trinajstić information content (AvgIpc) is 2.83. The number of carbonyl (C=O) groups excluding carboxylic acids is 1. The van der Waals surface area contributed by atoms with Gasteiger partial charge in [-0.05, 0) is 50.1 Å². The van der Waals surface area contributed by atoms with Crippen LogP contribution in [0.4, 0.5) is 30.5 Å². The first-order valence-electron chi connectivity index (χ1n) is 11.7. The third kappa shape index (κ3) is 5.27. The van der Waals surface area contributed by atoms with E-state index in [1.807, 2.05) is 12.1 Å². The van der Waals surface area contributed by atoms with E-state index in [0.29, 0.717) is 17.7 Å². The number of rotatable bonds is 6. The predicted molar refractivity (Wildman–Crippen MR) is 130 cm³/mol. The summed E-state index contributed by atoms with van der Waals surface area (Å²) in [5.41, 5.74) is 1.69. The number of ether oxygens (including phenoxy) is 1. The molecular formula is C24H27F3N6O3. The highest BCUT2D eigenvalue weighted by atomic mass is 19.4. The van der Waals surface area contributed by atoms with Crippen molar-refractivity contribution in [3.63, 3.8) is 0 Å². The molecule has 192 valence electrons. The van der Waals surface area contributed by atoms with Gasteiger partial charge >= 0.3 is 12.1 Å². The molecule has 0 amide bonds. The van der Waals surface area contributed by atoms with E-state index in [4.69, 9.17) is 4.74 Å². The number of hydrogen-bond donors (Lipinski definition) is 2. The lowest BCUT2D eigenvalue weighted by Gasteiger charge is -2.29. The van der Waals surface area contributed by atoms with Gasteiger partial charge in [0, 0.05) is 49.7 Å². The molecule has 0 radical (unpaired) electrons. The molecule has 9 nitrogen and oxygen atoms in total. The van der Waals surface area contributed by atoms with Crippen molar-refractivity contribution in [1.29, 1.82) is 0 Å². The Morgan fingerprint density at radius 1 is 1.17 bits per heavy atom. The van der Waals surface area contributed by atoms with Crippen molar-refractivity contribution < 1.29 is 22.7 Å². The molecule has 1 aromatic carbocycles. The second-order valence-corrected chi connectivity index (χ2v) is 8.67. The molecule has 36 heavy (non-hydrogen) atoms. The molecule has 1 aliphatic heterocycles. The third-order valence-corrected chi connectivity index (χ3v) is 5.86. The summed E-state index contributed by atoms with van der Waals surface area (Å²) in [6.07, 6.45) is -4.92. The number of pyridine rings is 1. The van der Waals surface area contributed by atoms with Crippen LogP contribution in [0.1, 0.15) is 32.4 Å². The lowest BCUT2D eigenvalue weighted by Crippen LogP contribution is -2.43. The van der Waals surface area contributed by atoms with Crippen molar-refractivity contribution in [2.24, 2.45) is 0 Å². The molecule has 3 heterocycles. The summed E-state index contributed by atoms with van der Waals surface area (Å²) in [6.45, 7) is 8.76. The largest absolute Gasteiger partial charge is 0.491 e. The molecule has 0 bridgehead atoms. The number of halogens is 3. The van der Waals surface area contributed by atoms with Gasteiger partial charge in [-0.1, -0.05) is 6.92 Å². The molecule has 2 N–H and O–H groups in total. The Morgan fingerprint density at radius 3 is 2.42 bits per heavy atom. The third-order valence-electron chi connectivity index (χ3n) is 5.86. The predicted octanol–water partition coefficient (Wildman–Crippen LogP) is 3.56. The molecule has 0 spiro atoms. The average molecular weight is 505 g/mol. The highest BCUT2D eigenvalue weighted by Crippen LogP contribution is 2.31. The van der Waals surface area contributed by atoms with E-state index in [-0.39, 0.29) is 28.6 Å². The first kappa shape index (κ1) is 25.4. The quantitative estimate of drug-likeness (QED) is 0.492. The highest BCUT2D eigenvalue weighted by Gasteiger charge is 2.42. The molecule has 1 saturated heterocycles. The van der Waals surface area contributed by atoms with E-state index in [2.05, 4.69) is 25.5 Å². The van der Waals surface area contributed by atoms with E-state index in [1.54, 1.807) is 32.9 Å². The number of nitrogens with zero attached hydrogens (tertiary/aromatic N) is 4. The van der Waals surface area contributed by atoms with Crippen molar-refractivity contribution in [1.82, 2.24) is 19.9 Å². The molecule has 0 unspecified atom stereocenters. The van der Waals surface area contributed by atoms with Gasteiger partial charge in [-0.15, -0.1) is 0 Å². The molecule has 0 atom stereocenters. The summed E-state index contributed by atoms with van der Waals surface area (Å²) >= 11 is 0. The van der Waals surface area contributed by atoms with Gasteiger partial charge in [-0.25, -0.2) is 4.79 Å². The number of hydrogen-bond acceptors (Lipinski definition) is 8. The molecule has 1 aliphatic rings. The lowest BCUT2D eigenvalue weighted by atomic mass is 10.1. The molecule has 1 fully saturated rings. The smallest absolute Gasteiger partial charge is 0.400 e. The van der Waals surface area contributed by atoms with Gasteiger partial charge in [-0.2, -0.15) is 23.1 Å². The van der Waals surface area contributed by atoms with Crippen molar-refractivity contribution in [3.05, 3.63) is 46.2 Å². The molecule has 0 aliphatic carbocycles. The Morgan fingerprint density at radius 2 is 1.83 bits per heavy atom. The van der Waals surface area contributed by atoms with Crippen LogP contribution in [-0.2, 0) is 11.2 Å². The summed E-state index contributed by atoms with van der Waals surface area (Å²) in [7, 11) is 0. The Kier molecular flexibility index (Phi) is 7.16. The molecule has 2 aromatic heterocycles. The lowest BCUT2D eigenvalue weighted by molar-refractivity contribution is -0.189. The molecule has 0 saturated carbocycles. The van der Waals surface area contributed by atoms with Crippen LogP contribution < -0.4 is 25.8 Å². The number of carbonyl (C=O) groups is 1. The Hall–Kier alpha value is -3.67. The highest BCUT2D eigenvalue weighted by molar-refractivity contribution is 5.89. The van der Waals surface area contributed by atoms with Crippen LogP contribution in [0.15, 0.2) is 35.1 Å². The summed E-state index contributed by atoms with van der Waals surface area (Å²) < 4.78 is 45.1. The summed E-state index contributed by atoms with van der Waals surface area (Å²) in [6, 6.07) is 8.36. The topological polar surface area (TPSA) is 101 Å². The minimum atomic E-state index is -5.22. The fraction of sp³-hybridized carbons (Fsp3) is 0.417. The Bertz CT molecular complexity index is 1320. The first-order valence-corrected chi connectivity index (χ1v) is 11.7. The number of benzene rings is 1. The van der Waals surface area contributed by atoms with Gasteiger partial charge < -0.3 is 20.3 Å². The second-order valence-electron chi connectivity index (χ2n) is 8.67. The van der Waals surface area contributed by atoms with Crippen LogP contribution in [0.5, 0.6) is 5.88 Å². The first-order chi connectivity index (χ1) is 17.1. The maximum atomic E-state index is 13.0. The van der Waals surface area contributed by atoms with Gasteiger partial charge in [0.2, 0.25) is 11.8 Å². The molecular weight excluding hydrogens is 477 g/mol. The van der Waals surface area contributed by atoms with Crippen molar-refractivity contribution in [2.75, 3.05) is 36.4 Å². The Balaban J connectivity index is 1.79. The number of aromatic nitrogens is 3. The van der Waals surface area contributed by atoms with Crippen LogP contribution in [0.25, 0.3) is 11.0 Å². The number of anilines is 3. The zero-order valence-electron chi connectivity index (χ0n) is 20.1. The van der Waals surface area contributed by atoms with Gasteiger partial charge in [-0.3, -0.25) is 9.36 Å². The number of alkyl halides is 3. The van der Waals surface area contributed by atoms with Gasteiger partial charge in [0.05, 0.1) is 5.39 Å². The van der Waals surface area contributed by atoms with Crippen LogP contribution in [0.2, 0.25) is 0 Å². The minimum Gasteiger partial charge on any atom is -0.400 e. The fourth-order valence-electron chi connectivity index (χ4n) is 4.14. The van der Waals surface area contributed by atoms with Gasteiger partial charge in [0.15, 0.2) is 5.65 Å². The zero-order chi connectivity index (χ0) is 26.0. The second kappa shape index (κ2) is 10.1. The van der Waals surface area contributed by atoms with E-state index in [9.17, 15) is 22.8 Å². The molecule has 4 rings (SSSR count). The van der Waals surface area contributed by atoms with Crippen LogP contribution in [-0.4, -0.2) is 52.9 Å². The van der Waals surface area contributed by atoms with Crippen molar-refractivity contribution in [3.8, 4) is 5.88 Å². The standard InChI is InChI=1S/C24H27F3N6O3/c1-4-15-13-18(34)33(14(2)3)20-19(15)21(36-22(35)24(25,26)27)31-23(30-20)29-16-5-7-17(8-6-16)32-11-9-28-10-12-32/h5-8,13-14,28H,4,9-12H2,1-3H3,(H,29,30,31). The summed E-state index contributed by atoms with van der Waals surface area (Å²) in [4.78, 5) is 35.3. The fourth-order valence-corrected chi connectivity index (χ4v) is 4.14. The maximum absolute atomic E-state index is 13.0. The van der Waals surface area contributed by atoms with E-state index < -0.39 is 18.0 Å². The van der Waals surface area contributed by atoms with E-state index >= 15 is 0 Å². The molecule has 12 heteroatoms. The van der Waals surface area contributed by atoms with Gasteiger partial charge in [0.1, 0.15) is 0 Å². The van der Waals surface area contributed by atoms with Crippen LogP contribution >= 0.6 is 0 Å². The van der Waals surface area contributed by atoms with Crippen molar-refractivity contribution in [2.45, 2.75) is 39.4 Å². The number of esters is 1. The van der Waals surface area contributed by atoms with Crippen LogP contribution in [0.3, 0.4) is 0 Å². The van der Waals surface area contributed by atoms with Gasteiger partial charge in [0.25, 0.3) is 5.56 Å².